The molecule has 2 rings (SSSR count). The zero-order valence-corrected chi connectivity index (χ0v) is 13.7. The van der Waals surface area contributed by atoms with E-state index in [0.29, 0.717) is 6.07 Å². The van der Waals surface area contributed by atoms with E-state index >= 15 is 0 Å². The number of rotatable bonds is 3. The van der Waals surface area contributed by atoms with Gasteiger partial charge in [-0.3, -0.25) is 0 Å². The normalized spacial score (nSPS) is 13.6. The average molecular weight is 430 g/mol. The van der Waals surface area contributed by atoms with Crippen LogP contribution in [0.25, 0.3) is 0 Å². The highest BCUT2D eigenvalue weighted by atomic mass is 79.9. The summed E-state index contributed by atoms with van der Waals surface area (Å²) in [4.78, 5) is 0. The van der Waals surface area contributed by atoms with Crippen molar-refractivity contribution >= 4 is 15.9 Å². The van der Waals surface area contributed by atoms with E-state index < -0.39 is 35.6 Å². The standard InChI is InChI=1S/C15H10BrF6NO2/c16-8-5-10(13(24)11(6-8)14(17,18)19)12(23)7-1-3-9(4-2-7)25-15(20,21)22/h1-6,12,24H,23H2/t12-/m0/s1. The van der Waals surface area contributed by atoms with Gasteiger partial charge in [0.1, 0.15) is 11.5 Å². The summed E-state index contributed by atoms with van der Waals surface area (Å²) >= 11 is 2.91. The van der Waals surface area contributed by atoms with Crippen molar-refractivity contribution in [1.29, 1.82) is 0 Å². The zero-order valence-electron chi connectivity index (χ0n) is 12.1. The zero-order chi connectivity index (χ0) is 19.0. The largest absolute Gasteiger partial charge is 0.573 e. The molecule has 0 fully saturated rings. The van der Waals surface area contributed by atoms with Crippen LogP contribution in [-0.2, 0) is 6.18 Å². The Bertz CT molecular complexity index is 758. The lowest BCUT2D eigenvalue weighted by molar-refractivity contribution is -0.274. The molecule has 3 nitrogen and oxygen atoms in total. The second-order valence-corrected chi connectivity index (χ2v) is 5.90. The molecule has 0 aromatic heterocycles. The van der Waals surface area contributed by atoms with E-state index in [-0.39, 0.29) is 15.6 Å². The number of ether oxygens (including phenoxy) is 1. The summed E-state index contributed by atoms with van der Waals surface area (Å²) in [5.41, 5.74) is 4.55. The van der Waals surface area contributed by atoms with Crippen LogP contribution in [0.5, 0.6) is 11.5 Å². The van der Waals surface area contributed by atoms with Gasteiger partial charge < -0.3 is 15.6 Å². The van der Waals surface area contributed by atoms with E-state index in [0.717, 1.165) is 12.1 Å². The molecule has 0 spiro atoms. The fourth-order valence-corrected chi connectivity index (χ4v) is 2.61. The molecule has 0 bridgehead atoms. The molecule has 3 N–H and O–H groups in total. The number of phenols is 1. The highest BCUT2D eigenvalue weighted by Gasteiger charge is 2.36. The van der Waals surface area contributed by atoms with Gasteiger partial charge in [-0.25, -0.2) is 0 Å². The van der Waals surface area contributed by atoms with Crippen LogP contribution >= 0.6 is 15.9 Å². The molecule has 0 aliphatic heterocycles. The first-order chi connectivity index (χ1) is 11.4. The third kappa shape index (κ3) is 4.79. The molecule has 1 atom stereocenters. The van der Waals surface area contributed by atoms with Crippen molar-refractivity contribution in [2.75, 3.05) is 0 Å². The van der Waals surface area contributed by atoms with Gasteiger partial charge in [-0.1, -0.05) is 28.1 Å². The molecular formula is C15H10BrF6NO2. The maximum absolute atomic E-state index is 12.9. The first-order valence-electron chi connectivity index (χ1n) is 6.59. The lowest BCUT2D eigenvalue weighted by atomic mass is 9.96. The van der Waals surface area contributed by atoms with Crippen LogP contribution in [0.4, 0.5) is 26.3 Å². The molecule has 10 heteroatoms. The Kier molecular flexibility index (Phi) is 5.24. The van der Waals surface area contributed by atoms with Crippen molar-refractivity contribution in [1.82, 2.24) is 0 Å². The Morgan fingerprint density at radius 2 is 1.56 bits per heavy atom. The van der Waals surface area contributed by atoms with Gasteiger partial charge in [0.05, 0.1) is 11.6 Å². The number of aromatic hydroxyl groups is 1. The van der Waals surface area contributed by atoms with E-state index in [2.05, 4.69) is 20.7 Å². The first kappa shape index (κ1) is 19.4. The van der Waals surface area contributed by atoms with Crippen molar-refractivity contribution < 1.29 is 36.2 Å². The second-order valence-electron chi connectivity index (χ2n) is 4.98. The maximum Gasteiger partial charge on any atom is 0.573 e. The second kappa shape index (κ2) is 6.75. The summed E-state index contributed by atoms with van der Waals surface area (Å²) in [6.07, 6.45) is -9.67. The van der Waals surface area contributed by atoms with Crippen molar-refractivity contribution in [3.8, 4) is 11.5 Å². The molecule has 0 heterocycles. The van der Waals surface area contributed by atoms with Crippen LogP contribution < -0.4 is 10.5 Å². The van der Waals surface area contributed by atoms with E-state index in [1.54, 1.807) is 0 Å². The Hall–Kier alpha value is -1.94. The maximum atomic E-state index is 12.9. The van der Waals surface area contributed by atoms with Gasteiger partial charge in [0.2, 0.25) is 0 Å². The van der Waals surface area contributed by atoms with Crippen molar-refractivity contribution in [2.24, 2.45) is 5.73 Å². The number of hydrogen-bond donors (Lipinski definition) is 2. The number of phenolic OH excluding ortho intramolecular Hbond substituents is 1. The summed E-state index contributed by atoms with van der Waals surface area (Å²) in [6.45, 7) is 0. The Morgan fingerprint density at radius 3 is 2.04 bits per heavy atom. The molecule has 0 unspecified atom stereocenters. The van der Waals surface area contributed by atoms with Crippen molar-refractivity contribution in [3.63, 3.8) is 0 Å². The molecule has 2 aromatic rings. The minimum Gasteiger partial charge on any atom is -0.507 e. The molecule has 0 saturated carbocycles. The van der Waals surface area contributed by atoms with Gasteiger partial charge in [-0.2, -0.15) is 13.2 Å². The predicted molar refractivity (Wildman–Crippen MR) is 80.0 cm³/mol. The molecule has 0 amide bonds. The van der Waals surface area contributed by atoms with Crippen LogP contribution in [0.15, 0.2) is 40.9 Å². The minimum absolute atomic E-state index is 0.0418. The van der Waals surface area contributed by atoms with E-state index in [1.165, 1.54) is 18.2 Å². The lowest BCUT2D eigenvalue weighted by Gasteiger charge is -2.19. The quantitative estimate of drug-likeness (QED) is 0.665. The smallest absolute Gasteiger partial charge is 0.507 e. The molecule has 0 radical (unpaired) electrons. The van der Waals surface area contributed by atoms with Crippen LogP contribution in [0, 0.1) is 0 Å². The summed E-state index contributed by atoms with van der Waals surface area (Å²) in [7, 11) is 0. The van der Waals surface area contributed by atoms with E-state index in [4.69, 9.17) is 5.73 Å². The molecule has 2 aromatic carbocycles. The fraction of sp³-hybridized carbons (Fsp3) is 0.200. The molecule has 0 aliphatic rings. The number of alkyl halides is 6. The van der Waals surface area contributed by atoms with Crippen LogP contribution in [0.1, 0.15) is 22.7 Å². The van der Waals surface area contributed by atoms with E-state index in [1.807, 2.05) is 0 Å². The molecule has 136 valence electrons. The van der Waals surface area contributed by atoms with Crippen LogP contribution in [0.2, 0.25) is 0 Å². The van der Waals surface area contributed by atoms with E-state index in [9.17, 15) is 31.4 Å². The number of benzene rings is 2. The summed E-state index contributed by atoms with van der Waals surface area (Å²) in [5, 5.41) is 9.89. The van der Waals surface area contributed by atoms with Crippen molar-refractivity contribution in [2.45, 2.75) is 18.6 Å². The topological polar surface area (TPSA) is 55.5 Å². The molecular weight excluding hydrogens is 420 g/mol. The number of halogens is 7. The van der Waals surface area contributed by atoms with Gasteiger partial charge in [-0.05, 0) is 29.8 Å². The SMILES string of the molecule is N[C@@H](c1ccc(OC(F)(F)F)cc1)c1cc(Br)cc(C(F)(F)F)c1O. The van der Waals surface area contributed by atoms with Crippen molar-refractivity contribution in [3.05, 3.63) is 57.6 Å². The molecule has 0 aliphatic carbocycles. The molecule has 0 saturated heterocycles. The minimum atomic E-state index is -4.87. The van der Waals surface area contributed by atoms with Gasteiger partial charge in [0.15, 0.2) is 0 Å². The first-order valence-corrected chi connectivity index (χ1v) is 7.38. The molecule has 25 heavy (non-hydrogen) atoms. The fourth-order valence-electron chi connectivity index (χ4n) is 2.13. The summed E-state index contributed by atoms with van der Waals surface area (Å²) < 4.78 is 78.9. The third-order valence-corrected chi connectivity index (χ3v) is 3.68. The third-order valence-electron chi connectivity index (χ3n) is 3.22. The lowest BCUT2D eigenvalue weighted by Crippen LogP contribution is -2.17. The van der Waals surface area contributed by atoms with Gasteiger partial charge in [0, 0.05) is 10.0 Å². The summed E-state index contributed by atoms with van der Waals surface area (Å²) in [5.74, 6) is -1.54. The predicted octanol–water partition coefficient (Wildman–Crippen LogP) is 5.12. The Labute approximate surface area is 146 Å². The highest BCUT2D eigenvalue weighted by Crippen LogP contribution is 2.42. The highest BCUT2D eigenvalue weighted by molar-refractivity contribution is 9.10. The monoisotopic (exact) mass is 429 g/mol. The number of nitrogens with two attached hydrogens (primary N) is 1. The average Bonchev–Trinajstić information content (AvgIpc) is 2.46. The van der Waals surface area contributed by atoms with Gasteiger partial charge >= 0.3 is 12.5 Å². The number of hydrogen-bond acceptors (Lipinski definition) is 3. The van der Waals surface area contributed by atoms with Crippen LogP contribution in [-0.4, -0.2) is 11.5 Å². The Morgan fingerprint density at radius 1 is 1.00 bits per heavy atom. The Balaban J connectivity index is 2.38. The van der Waals surface area contributed by atoms with Gasteiger partial charge in [0.25, 0.3) is 0 Å². The van der Waals surface area contributed by atoms with Gasteiger partial charge in [-0.15, -0.1) is 13.2 Å². The van der Waals surface area contributed by atoms with Crippen LogP contribution in [0.3, 0.4) is 0 Å². The summed E-state index contributed by atoms with van der Waals surface area (Å²) in [6, 6.07) is 4.99.